The Labute approximate surface area is 129 Å². The molecule has 0 radical (unpaired) electrons. The summed E-state index contributed by atoms with van der Waals surface area (Å²) >= 11 is 0. The predicted molar refractivity (Wildman–Crippen MR) is 90.9 cm³/mol. The Hall–Kier alpha value is -2.68. The zero-order chi connectivity index (χ0) is 15.4. The third-order valence-corrected chi connectivity index (χ3v) is 3.69. The Morgan fingerprint density at radius 2 is 1.77 bits per heavy atom. The van der Waals surface area contributed by atoms with Gasteiger partial charge in [-0.15, -0.1) is 6.58 Å². The van der Waals surface area contributed by atoms with Gasteiger partial charge in [-0.05, 0) is 25.0 Å². The Kier molecular flexibility index (Phi) is 4.15. The Morgan fingerprint density at radius 3 is 2.55 bits per heavy atom. The molecule has 110 valence electrons. The van der Waals surface area contributed by atoms with Gasteiger partial charge in [0.15, 0.2) is 0 Å². The standard InChI is InChI=1S/C19H18N2O/c1-2-3-9-14-21-17-13-8-7-12-16(17)20-18(19(21)22)15-10-5-4-6-11-15/h2,4-8,10-13H,1,3,9,14H2. The van der Waals surface area contributed by atoms with Gasteiger partial charge in [-0.3, -0.25) is 4.79 Å². The molecule has 0 fully saturated rings. The molecule has 0 spiro atoms. The molecule has 3 rings (SSSR count). The molecule has 0 aliphatic heterocycles. The lowest BCUT2D eigenvalue weighted by atomic mass is 10.1. The fraction of sp³-hybridized carbons (Fsp3) is 0.158. The summed E-state index contributed by atoms with van der Waals surface area (Å²) < 4.78 is 1.83. The number of benzene rings is 2. The van der Waals surface area contributed by atoms with E-state index in [1.54, 1.807) is 0 Å². The van der Waals surface area contributed by atoms with E-state index < -0.39 is 0 Å². The summed E-state index contributed by atoms with van der Waals surface area (Å²) in [5, 5.41) is 0. The van der Waals surface area contributed by atoms with Crippen LogP contribution >= 0.6 is 0 Å². The third kappa shape index (κ3) is 2.70. The van der Waals surface area contributed by atoms with Crippen molar-refractivity contribution >= 4 is 11.0 Å². The molecule has 0 saturated heterocycles. The number of para-hydroxylation sites is 2. The maximum absolute atomic E-state index is 12.9. The van der Waals surface area contributed by atoms with E-state index in [1.807, 2.05) is 65.2 Å². The summed E-state index contributed by atoms with van der Waals surface area (Å²) in [6.07, 6.45) is 3.67. The minimum atomic E-state index is -0.0334. The molecule has 22 heavy (non-hydrogen) atoms. The second kappa shape index (κ2) is 6.39. The maximum Gasteiger partial charge on any atom is 0.277 e. The SMILES string of the molecule is C=CCCCn1c(=O)c(-c2ccccc2)nc2ccccc21. The van der Waals surface area contributed by atoms with Crippen molar-refractivity contribution in [3.63, 3.8) is 0 Å². The first-order chi connectivity index (χ1) is 10.8. The minimum absolute atomic E-state index is 0.0334. The first-order valence-corrected chi connectivity index (χ1v) is 7.47. The van der Waals surface area contributed by atoms with E-state index in [0.29, 0.717) is 12.2 Å². The van der Waals surface area contributed by atoms with E-state index in [9.17, 15) is 4.79 Å². The van der Waals surface area contributed by atoms with Crippen LogP contribution in [-0.4, -0.2) is 9.55 Å². The molecule has 0 saturated carbocycles. The first kappa shape index (κ1) is 14.3. The number of nitrogens with zero attached hydrogens (tertiary/aromatic N) is 2. The van der Waals surface area contributed by atoms with Crippen molar-refractivity contribution in [2.75, 3.05) is 0 Å². The smallest absolute Gasteiger partial charge is 0.277 e. The molecule has 1 aromatic heterocycles. The lowest BCUT2D eigenvalue weighted by molar-refractivity contribution is 0.648. The number of aromatic nitrogens is 2. The van der Waals surface area contributed by atoms with Crippen LogP contribution in [0.4, 0.5) is 0 Å². The highest BCUT2D eigenvalue weighted by Gasteiger charge is 2.11. The van der Waals surface area contributed by atoms with Crippen LogP contribution in [-0.2, 0) is 6.54 Å². The van der Waals surface area contributed by atoms with Crippen LogP contribution in [0.5, 0.6) is 0 Å². The largest absolute Gasteiger partial charge is 0.305 e. The molecule has 0 atom stereocenters. The minimum Gasteiger partial charge on any atom is -0.305 e. The molecule has 0 N–H and O–H groups in total. The van der Waals surface area contributed by atoms with Crippen molar-refractivity contribution in [2.45, 2.75) is 19.4 Å². The van der Waals surface area contributed by atoms with E-state index in [2.05, 4.69) is 11.6 Å². The third-order valence-electron chi connectivity index (χ3n) is 3.69. The van der Waals surface area contributed by atoms with Crippen LogP contribution in [0.1, 0.15) is 12.8 Å². The fourth-order valence-electron chi connectivity index (χ4n) is 2.59. The number of fused-ring (bicyclic) bond motifs is 1. The summed E-state index contributed by atoms with van der Waals surface area (Å²) in [6.45, 7) is 4.42. The number of rotatable bonds is 5. The number of hydrogen-bond donors (Lipinski definition) is 0. The molecule has 0 amide bonds. The van der Waals surface area contributed by atoms with Crippen molar-refractivity contribution in [3.8, 4) is 11.3 Å². The quantitative estimate of drug-likeness (QED) is 0.525. The molecule has 3 aromatic rings. The van der Waals surface area contributed by atoms with Crippen molar-refractivity contribution < 1.29 is 0 Å². The summed E-state index contributed by atoms with van der Waals surface area (Å²) in [7, 11) is 0. The molecular weight excluding hydrogens is 272 g/mol. The maximum atomic E-state index is 12.9. The van der Waals surface area contributed by atoms with Gasteiger partial charge in [0, 0.05) is 12.1 Å². The predicted octanol–water partition coefficient (Wildman–Crippen LogP) is 4.03. The van der Waals surface area contributed by atoms with E-state index in [1.165, 1.54) is 0 Å². The highest BCUT2D eigenvalue weighted by molar-refractivity contribution is 5.77. The molecular formula is C19H18N2O. The van der Waals surface area contributed by atoms with Crippen LogP contribution < -0.4 is 5.56 Å². The van der Waals surface area contributed by atoms with Crippen LogP contribution in [0.15, 0.2) is 72.0 Å². The molecule has 1 heterocycles. The average Bonchev–Trinajstić information content (AvgIpc) is 2.57. The Bertz CT molecular complexity index is 850. The van der Waals surface area contributed by atoms with Crippen molar-refractivity contribution in [1.82, 2.24) is 9.55 Å². The van der Waals surface area contributed by atoms with Gasteiger partial charge < -0.3 is 4.57 Å². The number of unbranched alkanes of at least 4 members (excludes halogenated alkanes) is 1. The highest BCUT2D eigenvalue weighted by Crippen LogP contribution is 2.17. The van der Waals surface area contributed by atoms with E-state index in [0.717, 1.165) is 29.4 Å². The van der Waals surface area contributed by atoms with Gasteiger partial charge in [0.1, 0.15) is 5.69 Å². The van der Waals surface area contributed by atoms with Crippen molar-refractivity contribution in [3.05, 3.63) is 77.6 Å². The van der Waals surface area contributed by atoms with Gasteiger partial charge in [0.05, 0.1) is 11.0 Å². The molecule has 0 aliphatic carbocycles. The molecule has 0 aliphatic rings. The zero-order valence-electron chi connectivity index (χ0n) is 12.4. The van der Waals surface area contributed by atoms with Gasteiger partial charge in [0.25, 0.3) is 5.56 Å². The normalized spacial score (nSPS) is 10.7. The molecule has 2 aromatic carbocycles. The number of allylic oxidation sites excluding steroid dienone is 1. The topological polar surface area (TPSA) is 34.9 Å². The van der Waals surface area contributed by atoms with Gasteiger partial charge in [-0.25, -0.2) is 4.98 Å². The van der Waals surface area contributed by atoms with Gasteiger partial charge in [-0.2, -0.15) is 0 Å². The fourth-order valence-corrected chi connectivity index (χ4v) is 2.59. The first-order valence-electron chi connectivity index (χ1n) is 7.47. The van der Waals surface area contributed by atoms with Crippen LogP contribution in [0.25, 0.3) is 22.3 Å². The Balaban J connectivity index is 2.20. The lowest BCUT2D eigenvalue weighted by Crippen LogP contribution is -2.23. The monoisotopic (exact) mass is 290 g/mol. The van der Waals surface area contributed by atoms with E-state index in [4.69, 9.17) is 0 Å². The molecule has 0 bridgehead atoms. The second-order valence-electron chi connectivity index (χ2n) is 5.20. The molecule has 3 nitrogen and oxygen atoms in total. The van der Waals surface area contributed by atoms with Gasteiger partial charge >= 0.3 is 0 Å². The zero-order valence-corrected chi connectivity index (χ0v) is 12.4. The van der Waals surface area contributed by atoms with Crippen LogP contribution in [0.2, 0.25) is 0 Å². The van der Waals surface area contributed by atoms with Crippen molar-refractivity contribution in [2.24, 2.45) is 0 Å². The van der Waals surface area contributed by atoms with E-state index >= 15 is 0 Å². The number of hydrogen-bond acceptors (Lipinski definition) is 2. The van der Waals surface area contributed by atoms with Gasteiger partial charge in [0.2, 0.25) is 0 Å². The second-order valence-corrected chi connectivity index (χ2v) is 5.20. The molecule has 3 heteroatoms. The summed E-state index contributed by atoms with van der Waals surface area (Å²) in [6, 6.07) is 17.4. The summed E-state index contributed by atoms with van der Waals surface area (Å²) in [4.78, 5) is 17.4. The summed E-state index contributed by atoms with van der Waals surface area (Å²) in [5.41, 5.74) is 3.07. The number of aryl methyl sites for hydroxylation is 1. The highest BCUT2D eigenvalue weighted by atomic mass is 16.1. The molecule has 0 unspecified atom stereocenters. The van der Waals surface area contributed by atoms with Crippen LogP contribution in [0, 0.1) is 0 Å². The van der Waals surface area contributed by atoms with Crippen molar-refractivity contribution in [1.29, 1.82) is 0 Å². The van der Waals surface area contributed by atoms with Gasteiger partial charge in [-0.1, -0.05) is 48.5 Å². The van der Waals surface area contributed by atoms with Crippen LogP contribution in [0.3, 0.4) is 0 Å². The lowest BCUT2D eigenvalue weighted by Gasteiger charge is -2.12. The average molecular weight is 290 g/mol. The summed E-state index contributed by atoms with van der Waals surface area (Å²) in [5.74, 6) is 0. The van der Waals surface area contributed by atoms with E-state index in [-0.39, 0.29) is 5.56 Å². The Morgan fingerprint density at radius 1 is 1.05 bits per heavy atom.